The van der Waals surface area contributed by atoms with Crippen molar-refractivity contribution in [2.24, 2.45) is 12.8 Å². The summed E-state index contributed by atoms with van der Waals surface area (Å²) in [5.41, 5.74) is 8.13. The van der Waals surface area contributed by atoms with Crippen LogP contribution < -0.4 is 10.5 Å². The molecule has 1 atom stereocenters. The summed E-state index contributed by atoms with van der Waals surface area (Å²) in [5, 5.41) is 4.14. The van der Waals surface area contributed by atoms with Gasteiger partial charge >= 0.3 is 0 Å². The molecule has 0 saturated carbocycles. The van der Waals surface area contributed by atoms with Gasteiger partial charge in [0.15, 0.2) is 0 Å². The highest BCUT2D eigenvalue weighted by Crippen LogP contribution is 2.27. The van der Waals surface area contributed by atoms with Gasteiger partial charge in [0.1, 0.15) is 5.75 Å². The lowest BCUT2D eigenvalue weighted by molar-refractivity contribution is 0.317. The molecule has 0 fully saturated rings. The number of hydrogen-bond donors (Lipinski definition) is 1. The number of nitrogens with two attached hydrogens (primary N) is 1. The first-order chi connectivity index (χ1) is 9.06. The maximum atomic E-state index is 5.94. The zero-order valence-corrected chi connectivity index (χ0v) is 12.7. The van der Waals surface area contributed by atoms with E-state index < -0.39 is 0 Å². The van der Waals surface area contributed by atoms with Crippen molar-refractivity contribution in [3.63, 3.8) is 0 Å². The Morgan fingerprint density at radius 2 is 2.26 bits per heavy atom. The molecule has 1 aromatic heterocycles. The van der Waals surface area contributed by atoms with Crippen molar-refractivity contribution < 1.29 is 4.74 Å². The maximum absolute atomic E-state index is 5.94. The largest absolute Gasteiger partial charge is 0.493 e. The number of ether oxygens (including phenoxy) is 1. The van der Waals surface area contributed by atoms with Crippen molar-refractivity contribution in [2.75, 3.05) is 6.61 Å². The smallest absolute Gasteiger partial charge is 0.125 e. The Labute approximate surface area is 121 Å². The van der Waals surface area contributed by atoms with E-state index in [1.807, 2.05) is 44.6 Å². The average molecular weight is 324 g/mol. The van der Waals surface area contributed by atoms with E-state index in [0.717, 1.165) is 22.2 Å². The monoisotopic (exact) mass is 323 g/mol. The van der Waals surface area contributed by atoms with Crippen molar-refractivity contribution in [2.45, 2.75) is 19.4 Å². The average Bonchev–Trinajstić information content (AvgIpc) is 2.75. The van der Waals surface area contributed by atoms with Crippen LogP contribution in [0.25, 0.3) is 0 Å². The van der Waals surface area contributed by atoms with E-state index in [0.29, 0.717) is 6.61 Å². The van der Waals surface area contributed by atoms with Crippen LogP contribution in [0.15, 0.2) is 35.1 Å². The molecule has 0 aliphatic heterocycles. The molecule has 0 aliphatic carbocycles. The Hall–Kier alpha value is -1.33. The summed E-state index contributed by atoms with van der Waals surface area (Å²) < 4.78 is 8.63. The van der Waals surface area contributed by atoms with Crippen molar-refractivity contribution in [1.82, 2.24) is 9.78 Å². The summed E-state index contributed by atoms with van der Waals surface area (Å²) in [5.74, 6) is 0.841. The van der Waals surface area contributed by atoms with Crippen LogP contribution >= 0.6 is 15.9 Å². The molecule has 2 aromatic rings. The highest BCUT2D eigenvalue weighted by molar-refractivity contribution is 9.10. The lowest BCUT2D eigenvalue weighted by atomic mass is 10.1. The highest BCUT2D eigenvalue weighted by Gasteiger charge is 2.09. The number of halogens is 1. The number of nitrogens with zero attached hydrogens (tertiary/aromatic N) is 2. The Morgan fingerprint density at radius 3 is 2.89 bits per heavy atom. The van der Waals surface area contributed by atoms with Gasteiger partial charge in [-0.05, 0) is 24.6 Å². The minimum atomic E-state index is -0.0403. The summed E-state index contributed by atoms with van der Waals surface area (Å²) in [4.78, 5) is 0. The van der Waals surface area contributed by atoms with Gasteiger partial charge in [-0.25, -0.2) is 0 Å². The van der Waals surface area contributed by atoms with E-state index in [9.17, 15) is 0 Å². The summed E-state index contributed by atoms with van der Waals surface area (Å²) in [6.45, 7) is 2.57. The third-order valence-corrected chi connectivity index (χ3v) is 3.37. The van der Waals surface area contributed by atoms with Crippen LogP contribution in [-0.2, 0) is 13.5 Å². The second kappa shape index (κ2) is 6.21. The fraction of sp³-hybridized carbons (Fsp3) is 0.357. The molecule has 0 radical (unpaired) electrons. The molecule has 2 rings (SSSR count). The molecule has 1 heterocycles. The van der Waals surface area contributed by atoms with E-state index >= 15 is 0 Å². The number of aryl methyl sites for hydroxylation is 1. The number of benzene rings is 1. The summed E-state index contributed by atoms with van der Waals surface area (Å²) >= 11 is 3.45. The van der Waals surface area contributed by atoms with Gasteiger partial charge in [0.2, 0.25) is 0 Å². The molecule has 0 aliphatic rings. The van der Waals surface area contributed by atoms with Crippen molar-refractivity contribution in [1.29, 1.82) is 0 Å². The van der Waals surface area contributed by atoms with Crippen LogP contribution in [0.2, 0.25) is 0 Å². The Bertz CT molecular complexity index is 551. The molecule has 102 valence electrons. The van der Waals surface area contributed by atoms with E-state index in [2.05, 4.69) is 21.0 Å². The van der Waals surface area contributed by atoms with Gasteiger partial charge in [0, 0.05) is 35.7 Å². The van der Waals surface area contributed by atoms with E-state index in [1.165, 1.54) is 5.56 Å². The first-order valence-corrected chi connectivity index (χ1v) is 7.01. The fourth-order valence-electron chi connectivity index (χ4n) is 1.89. The van der Waals surface area contributed by atoms with Gasteiger partial charge in [0.25, 0.3) is 0 Å². The molecule has 1 aromatic carbocycles. The number of rotatable bonds is 5. The Morgan fingerprint density at radius 1 is 1.47 bits per heavy atom. The zero-order chi connectivity index (χ0) is 13.8. The first kappa shape index (κ1) is 14.1. The van der Waals surface area contributed by atoms with Gasteiger partial charge in [-0.15, -0.1) is 0 Å². The van der Waals surface area contributed by atoms with E-state index in [1.54, 1.807) is 4.68 Å². The normalized spacial score (nSPS) is 12.4. The molecule has 0 spiro atoms. The van der Waals surface area contributed by atoms with Crippen molar-refractivity contribution in [3.05, 3.63) is 46.2 Å². The molecule has 4 nitrogen and oxygen atoms in total. The summed E-state index contributed by atoms with van der Waals surface area (Å²) in [6, 6.07) is 5.89. The zero-order valence-electron chi connectivity index (χ0n) is 11.1. The van der Waals surface area contributed by atoms with Crippen LogP contribution in [0, 0.1) is 0 Å². The minimum Gasteiger partial charge on any atom is -0.493 e. The standard InChI is InChI=1S/C14H18BrN3O/c1-10(16)13-4-3-12(15)7-14(13)19-6-5-11-8-17-18(2)9-11/h3-4,7-10H,5-6,16H2,1-2H3. The van der Waals surface area contributed by atoms with Gasteiger partial charge in [-0.1, -0.05) is 22.0 Å². The molecule has 1 unspecified atom stereocenters. The molecular weight excluding hydrogens is 306 g/mol. The highest BCUT2D eigenvalue weighted by atomic mass is 79.9. The van der Waals surface area contributed by atoms with Crippen LogP contribution in [0.3, 0.4) is 0 Å². The molecule has 5 heteroatoms. The topological polar surface area (TPSA) is 53.1 Å². The number of hydrogen-bond acceptors (Lipinski definition) is 3. The van der Waals surface area contributed by atoms with Gasteiger partial charge < -0.3 is 10.5 Å². The van der Waals surface area contributed by atoms with Crippen LogP contribution in [-0.4, -0.2) is 16.4 Å². The molecule has 19 heavy (non-hydrogen) atoms. The predicted octanol–water partition coefficient (Wildman–Crippen LogP) is 2.82. The molecule has 0 saturated heterocycles. The third kappa shape index (κ3) is 3.81. The lowest BCUT2D eigenvalue weighted by Crippen LogP contribution is -2.09. The summed E-state index contributed by atoms with van der Waals surface area (Å²) in [6.07, 6.45) is 4.69. The van der Waals surface area contributed by atoms with E-state index in [-0.39, 0.29) is 6.04 Å². The molecule has 2 N–H and O–H groups in total. The molecular formula is C14H18BrN3O. The second-order valence-corrected chi connectivity index (χ2v) is 5.51. The Kier molecular flexibility index (Phi) is 4.61. The van der Waals surface area contributed by atoms with Gasteiger partial charge in [-0.3, -0.25) is 4.68 Å². The maximum Gasteiger partial charge on any atom is 0.125 e. The van der Waals surface area contributed by atoms with E-state index in [4.69, 9.17) is 10.5 Å². The van der Waals surface area contributed by atoms with Crippen molar-refractivity contribution >= 4 is 15.9 Å². The third-order valence-electron chi connectivity index (χ3n) is 2.87. The Balaban J connectivity index is 2.00. The van der Waals surface area contributed by atoms with Crippen molar-refractivity contribution in [3.8, 4) is 5.75 Å². The fourth-order valence-corrected chi connectivity index (χ4v) is 2.23. The summed E-state index contributed by atoms with van der Waals surface area (Å²) in [7, 11) is 1.91. The van der Waals surface area contributed by atoms with Crippen LogP contribution in [0.5, 0.6) is 5.75 Å². The van der Waals surface area contributed by atoms with Crippen LogP contribution in [0.4, 0.5) is 0 Å². The molecule has 0 amide bonds. The first-order valence-electron chi connectivity index (χ1n) is 6.21. The van der Waals surface area contributed by atoms with Gasteiger partial charge in [-0.2, -0.15) is 5.10 Å². The quantitative estimate of drug-likeness (QED) is 0.920. The number of aromatic nitrogens is 2. The van der Waals surface area contributed by atoms with Gasteiger partial charge in [0.05, 0.1) is 12.8 Å². The second-order valence-electron chi connectivity index (χ2n) is 4.59. The minimum absolute atomic E-state index is 0.0403. The van der Waals surface area contributed by atoms with Crippen LogP contribution in [0.1, 0.15) is 24.1 Å². The SMILES string of the molecule is CC(N)c1ccc(Br)cc1OCCc1cnn(C)c1. The lowest BCUT2D eigenvalue weighted by Gasteiger charge is -2.14. The predicted molar refractivity (Wildman–Crippen MR) is 79.2 cm³/mol. The molecule has 0 bridgehead atoms.